The highest BCUT2D eigenvalue weighted by molar-refractivity contribution is 5.89. The Bertz CT molecular complexity index is 781. The number of ether oxygens (including phenoxy) is 1. The molecule has 2 atom stereocenters. The average molecular weight is 340 g/mol. The van der Waals surface area contributed by atoms with Crippen LogP contribution in [-0.4, -0.2) is 41.7 Å². The first-order valence-electron chi connectivity index (χ1n) is 9.46. The lowest BCUT2D eigenvalue weighted by atomic mass is 9.76. The van der Waals surface area contributed by atoms with Crippen LogP contribution in [0.5, 0.6) is 0 Å². The third-order valence-corrected chi connectivity index (χ3v) is 6.39. The minimum absolute atomic E-state index is 0.196. The number of para-hydroxylation sites is 1. The number of hydrogen-bond acceptors (Lipinski definition) is 2. The largest absolute Gasteiger partial charge is 0.381 e. The molecule has 1 amide bonds. The molecule has 1 saturated heterocycles. The second-order valence-electron chi connectivity index (χ2n) is 7.86. The van der Waals surface area contributed by atoms with Gasteiger partial charge in [0.2, 0.25) is 5.91 Å². The lowest BCUT2D eigenvalue weighted by Crippen LogP contribution is -2.50. The SMILES string of the molecule is CO[C@@H]1CCC[C@]12CCCN(C(=O)Cc1cn(C)c3ccccc13)C2. The van der Waals surface area contributed by atoms with Gasteiger partial charge in [0.25, 0.3) is 0 Å². The summed E-state index contributed by atoms with van der Waals surface area (Å²) in [5.74, 6) is 0.261. The summed E-state index contributed by atoms with van der Waals surface area (Å²) in [7, 11) is 3.88. The molecule has 2 fully saturated rings. The second kappa shape index (κ2) is 6.49. The Labute approximate surface area is 149 Å². The normalized spacial score (nSPS) is 26.6. The summed E-state index contributed by atoms with van der Waals surface area (Å²) in [6.07, 6.45) is 8.78. The van der Waals surface area contributed by atoms with E-state index in [4.69, 9.17) is 4.74 Å². The van der Waals surface area contributed by atoms with Gasteiger partial charge >= 0.3 is 0 Å². The fourth-order valence-corrected chi connectivity index (χ4v) is 5.16. The van der Waals surface area contributed by atoms with E-state index in [0.717, 1.165) is 31.5 Å². The number of methoxy groups -OCH3 is 1. The molecule has 0 N–H and O–H groups in total. The van der Waals surface area contributed by atoms with Gasteiger partial charge < -0.3 is 14.2 Å². The predicted molar refractivity (Wildman–Crippen MR) is 99.5 cm³/mol. The average Bonchev–Trinajstić information content (AvgIpc) is 3.16. The molecule has 4 rings (SSSR count). The van der Waals surface area contributed by atoms with Crippen molar-refractivity contribution < 1.29 is 9.53 Å². The highest BCUT2D eigenvalue weighted by Crippen LogP contribution is 2.46. The number of fused-ring (bicyclic) bond motifs is 1. The van der Waals surface area contributed by atoms with Crippen molar-refractivity contribution in [1.82, 2.24) is 9.47 Å². The summed E-state index contributed by atoms with van der Waals surface area (Å²) in [5, 5.41) is 1.20. The van der Waals surface area contributed by atoms with Crippen molar-refractivity contribution in [3.05, 3.63) is 36.0 Å². The van der Waals surface area contributed by atoms with Gasteiger partial charge in [0.15, 0.2) is 0 Å². The number of likely N-dealkylation sites (tertiary alicyclic amines) is 1. The minimum atomic E-state index is 0.196. The van der Waals surface area contributed by atoms with Crippen LogP contribution >= 0.6 is 0 Å². The van der Waals surface area contributed by atoms with Crippen LogP contribution in [0.1, 0.15) is 37.7 Å². The van der Waals surface area contributed by atoms with E-state index in [1.807, 2.05) is 26.3 Å². The zero-order valence-corrected chi connectivity index (χ0v) is 15.3. The molecule has 134 valence electrons. The molecule has 1 aliphatic heterocycles. The van der Waals surface area contributed by atoms with Crippen molar-refractivity contribution in [3.8, 4) is 0 Å². The molecule has 2 aromatic rings. The van der Waals surface area contributed by atoms with Gasteiger partial charge in [-0.2, -0.15) is 0 Å². The zero-order chi connectivity index (χ0) is 17.4. The van der Waals surface area contributed by atoms with E-state index in [0.29, 0.717) is 12.5 Å². The molecule has 1 saturated carbocycles. The molecule has 1 spiro atoms. The molecular formula is C21H28N2O2. The van der Waals surface area contributed by atoms with Crippen LogP contribution in [0.4, 0.5) is 0 Å². The van der Waals surface area contributed by atoms with E-state index in [9.17, 15) is 4.79 Å². The highest BCUT2D eigenvalue weighted by atomic mass is 16.5. The molecule has 4 heteroatoms. The summed E-state index contributed by atoms with van der Waals surface area (Å²) in [6, 6.07) is 8.33. The minimum Gasteiger partial charge on any atom is -0.381 e. The Balaban J connectivity index is 1.53. The van der Waals surface area contributed by atoms with Crippen LogP contribution in [-0.2, 0) is 23.0 Å². The maximum absolute atomic E-state index is 13.0. The summed E-state index contributed by atoms with van der Waals surface area (Å²) < 4.78 is 7.89. The van der Waals surface area contributed by atoms with Gasteiger partial charge in [0, 0.05) is 49.8 Å². The first-order valence-corrected chi connectivity index (χ1v) is 9.46. The highest BCUT2D eigenvalue weighted by Gasteiger charge is 2.46. The van der Waals surface area contributed by atoms with E-state index in [-0.39, 0.29) is 11.3 Å². The quantitative estimate of drug-likeness (QED) is 0.857. The van der Waals surface area contributed by atoms with Crippen molar-refractivity contribution in [1.29, 1.82) is 0 Å². The fraction of sp³-hybridized carbons (Fsp3) is 0.571. The van der Waals surface area contributed by atoms with E-state index in [2.05, 4.69) is 27.8 Å². The standard InChI is InChI=1S/C21H28N2O2/c1-22-14-16(17-7-3-4-8-18(17)22)13-20(24)23-12-6-11-21(15-23)10-5-9-19(21)25-2/h3-4,7-8,14,19H,5-6,9-13,15H2,1-2H3/t19-,21-/m1/s1. The van der Waals surface area contributed by atoms with Crippen molar-refractivity contribution in [2.24, 2.45) is 12.5 Å². The molecule has 1 aromatic carbocycles. The summed E-state index contributed by atoms with van der Waals surface area (Å²) >= 11 is 0. The molecule has 1 aromatic heterocycles. The summed E-state index contributed by atoms with van der Waals surface area (Å²) in [6.45, 7) is 1.76. The number of hydrogen-bond donors (Lipinski definition) is 0. The number of amides is 1. The maximum atomic E-state index is 13.0. The smallest absolute Gasteiger partial charge is 0.227 e. The van der Waals surface area contributed by atoms with E-state index in [1.54, 1.807) is 0 Å². The van der Waals surface area contributed by atoms with E-state index >= 15 is 0 Å². The fourth-order valence-electron chi connectivity index (χ4n) is 5.16. The molecule has 2 aliphatic rings. The first-order chi connectivity index (χ1) is 12.1. The summed E-state index contributed by atoms with van der Waals surface area (Å²) in [4.78, 5) is 15.1. The van der Waals surface area contributed by atoms with Crippen molar-refractivity contribution >= 4 is 16.8 Å². The molecule has 25 heavy (non-hydrogen) atoms. The van der Waals surface area contributed by atoms with Gasteiger partial charge in [-0.1, -0.05) is 24.6 Å². The molecule has 2 heterocycles. The van der Waals surface area contributed by atoms with Crippen molar-refractivity contribution in [3.63, 3.8) is 0 Å². The lowest BCUT2D eigenvalue weighted by Gasteiger charge is -2.43. The molecule has 0 radical (unpaired) electrons. The van der Waals surface area contributed by atoms with Crippen LogP contribution in [0.3, 0.4) is 0 Å². The topological polar surface area (TPSA) is 34.5 Å². The Hall–Kier alpha value is -1.81. The Morgan fingerprint density at radius 2 is 2.08 bits per heavy atom. The van der Waals surface area contributed by atoms with Crippen LogP contribution < -0.4 is 0 Å². The molecule has 4 nitrogen and oxygen atoms in total. The van der Waals surface area contributed by atoms with Crippen LogP contribution in [0, 0.1) is 5.41 Å². The first kappa shape index (κ1) is 16.6. The lowest BCUT2D eigenvalue weighted by molar-refractivity contribution is -0.136. The summed E-state index contributed by atoms with van der Waals surface area (Å²) in [5.41, 5.74) is 2.52. The number of nitrogens with zero attached hydrogens (tertiary/aromatic N) is 2. The number of benzene rings is 1. The van der Waals surface area contributed by atoms with Gasteiger partial charge in [-0.3, -0.25) is 4.79 Å². The number of piperidine rings is 1. The van der Waals surface area contributed by atoms with Crippen molar-refractivity contribution in [2.45, 2.75) is 44.6 Å². The molecule has 0 unspecified atom stereocenters. The predicted octanol–water partition coefficient (Wildman–Crippen LogP) is 3.53. The number of aryl methyl sites for hydroxylation is 1. The Morgan fingerprint density at radius 3 is 2.92 bits per heavy atom. The Kier molecular flexibility index (Phi) is 4.32. The van der Waals surface area contributed by atoms with Gasteiger partial charge in [-0.15, -0.1) is 0 Å². The molecular weight excluding hydrogens is 312 g/mol. The maximum Gasteiger partial charge on any atom is 0.227 e. The van der Waals surface area contributed by atoms with Crippen LogP contribution in [0.25, 0.3) is 10.9 Å². The second-order valence-corrected chi connectivity index (χ2v) is 7.86. The van der Waals surface area contributed by atoms with Gasteiger partial charge in [-0.05, 0) is 37.3 Å². The Morgan fingerprint density at radius 1 is 1.28 bits per heavy atom. The number of rotatable bonds is 3. The number of carbonyl (C=O) groups is 1. The number of carbonyl (C=O) groups excluding carboxylic acids is 1. The molecule has 0 bridgehead atoms. The number of aromatic nitrogens is 1. The van der Waals surface area contributed by atoms with Crippen molar-refractivity contribution in [2.75, 3.05) is 20.2 Å². The van der Waals surface area contributed by atoms with Gasteiger partial charge in [-0.25, -0.2) is 0 Å². The van der Waals surface area contributed by atoms with Crippen LogP contribution in [0.15, 0.2) is 30.5 Å². The van der Waals surface area contributed by atoms with E-state index < -0.39 is 0 Å². The van der Waals surface area contributed by atoms with Gasteiger partial charge in [0.1, 0.15) is 0 Å². The van der Waals surface area contributed by atoms with Crippen LogP contribution in [0.2, 0.25) is 0 Å². The molecule has 1 aliphatic carbocycles. The monoisotopic (exact) mass is 340 g/mol. The third-order valence-electron chi connectivity index (χ3n) is 6.39. The third kappa shape index (κ3) is 2.86. The van der Waals surface area contributed by atoms with Gasteiger partial charge in [0.05, 0.1) is 12.5 Å². The van der Waals surface area contributed by atoms with E-state index in [1.165, 1.54) is 30.2 Å². The zero-order valence-electron chi connectivity index (χ0n) is 15.3.